The van der Waals surface area contributed by atoms with Crippen LogP contribution in [0.3, 0.4) is 0 Å². The molecule has 2 nitrogen and oxygen atoms in total. The van der Waals surface area contributed by atoms with Crippen molar-refractivity contribution in [3.8, 4) is 0 Å². The van der Waals surface area contributed by atoms with E-state index in [0.717, 1.165) is 18.8 Å². The lowest BCUT2D eigenvalue weighted by Gasteiger charge is -2.27. The molecule has 0 bridgehead atoms. The maximum Gasteiger partial charge on any atom is 0.123 e. The molecule has 3 heteroatoms. The number of benzene rings is 1. The molecule has 0 fully saturated rings. The molecular weight excluding hydrogens is 227 g/mol. The summed E-state index contributed by atoms with van der Waals surface area (Å²) in [5.41, 5.74) is 1.21. The van der Waals surface area contributed by atoms with Crippen molar-refractivity contribution in [3.63, 3.8) is 0 Å². The van der Waals surface area contributed by atoms with Gasteiger partial charge >= 0.3 is 0 Å². The molecule has 0 aliphatic carbocycles. The van der Waals surface area contributed by atoms with Gasteiger partial charge in [-0.1, -0.05) is 6.92 Å². The van der Waals surface area contributed by atoms with Gasteiger partial charge in [0.2, 0.25) is 0 Å². The van der Waals surface area contributed by atoms with Crippen LogP contribution in [0, 0.1) is 11.7 Å². The molecule has 0 aliphatic rings. The number of halogens is 1. The standard InChI is InChI=1S/C15H25FN2/c1-12(10-17-15(2,3)4)11-18(5)14-8-6-13(16)7-9-14/h6-9,12,17H,10-11H2,1-5H3. The number of rotatable bonds is 5. The van der Waals surface area contributed by atoms with Crippen LogP contribution in [0.1, 0.15) is 27.7 Å². The van der Waals surface area contributed by atoms with Gasteiger partial charge in [0.05, 0.1) is 0 Å². The average Bonchev–Trinajstić information content (AvgIpc) is 2.26. The molecule has 1 N–H and O–H groups in total. The molecule has 0 spiro atoms. The molecule has 1 rings (SSSR count). The van der Waals surface area contributed by atoms with Crippen LogP contribution in [-0.2, 0) is 0 Å². The van der Waals surface area contributed by atoms with Gasteiger partial charge in [0.15, 0.2) is 0 Å². The first kappa shape index (κ1) is 15.0. The fourth-order valence-electron chi connectivity index (χ4n) is 1.81. The van der Waals surface area contributed by atoms with Gasteiger partial charge < -0.3 is 10.2 Å². The minimum Gasteiger partial charge on any atom is -0.374 e. The van der Waals surface area contributed by atoms with Crippen LogP contribution >= 0.6 is 0 Å². The van der Waals surface area contributed by atoms with E-state index in [1.54, 1.807) is 0 Å². The molecule has 1 unspecified atom stereocenters. The van der Waals surface area contributed by atoms with Crippen molar-refractivity contribution in [2.24, 2.45) is 5.92 Å². The average molecular weight is 252 g/mol. The summed E-state index contributed by atoms with van der Waals surface area (Å²) in [7, 11) is 2.04. The Morgan fingerprint density at radius 1 is 1.22 bits per heavy atom. The summed E-state index contributed by atoms with van der Waals surface area (Å²) < 4.78 is 12.8. The molecule has 0 aliphatic heterocycles. The Labute approximate surface area is 110 Å². The fourth-order valence-corrected chi connectivity index (χ4v) is 1.81. The SMILES string of the molecule is CC(CNC(C)(C)C)CN(C)c1ccc(F)cc1. The maximum absolute atomic E-state index is 12.8. The normalized spacial score (nSPS) is 13.4. The number of anilines is 1. The van der Waals surface area contributed by atoms with Crippen LogP contribution in [0.25, 0.3) is 0 Å². The van der Waals surface area contributed by atoms with Gasteiger partial charge in [0.25, 0.3) is 0 Å². The molecule has 1 atom stereocenters. The Kier molecular flexibility index (Phi) is 5.15. The van der Waals surface area contributed by atoms with Crippen molar-refractivity contribution in [2.75, 3.05) is 25.0 Å². The minimum absolute atomic E-state index is 0.155. The van der Waals surface area contributed by atoms with E-state index in [2.05, 4.69) is 37.9 Å². The van der Waals surface area contributed by atoms with Crippen LogP contribution in [0.4, 0.5) is 10.1 Å². The first-order valence-electron chi connectivity index (χ1n) is 6.49. The molecule has 0 heterocycles. The summed E-state index contributed by atoms with van der Waals surface area (Å²) in [5.74, 6) is 0.355. The lowest BCUT2D eigenvalue weighted by atomic mass is 10.1. The van der Waals surface area contributed by atoms with Gasteiger partial charge in [-0.15, -0.1) is 0 Å². The predicted molar refractivity (Wildman–Crippen MR) is 76.6 cm³/mol. The fraction of sp³-hybridized carbons (Fsp3) is 0.600. The van der Waals surface area contributed by atoms with Crippen molar-refractivity contribution in [3.05, 3.63) is 30.1 Å². The van der Waals surface area contributed by atoms with Crippen LogP contribution in [0.2, 0.25) is 0 Å². The third-order valence-electron chi connectivity index (χ3n) is 2.83. The van der Waals surface area contributed by atoms with Crippen LogP contribution < -0.4 is 10.2 Å². The second-order valence-electron chi connectivity index (χ2n) is 6.09. The molecule has 102 valence electrons. The van der Waals surface area contributed by atoms with Gasteiger partial charge in [-0.05, 0) is 57.5 Å². The van der Waals surface area contributed by atoms with Crippen molar-refractivity contribution in [2.45, 2.75) is 33.2 Å². The zero-order valence-corrected chi connectivity index (χ0v) is 12.1. The highest BCUT2D eigenvalue weighted by atomic mass is 19.1. The van der Waals surface area contributed by atoms with E-state index in [1.807, 2.05) is 19.2 Å². The highest BCUT2D eigenvalue weighted by Crippen LogP contribution is 2.14. The quantitative estimate of drug-likeness (QED) is 0.865. The van der Waals surface area contributed by atoms with Crippen LogP contribution in [-0.4, -0.2) is 25.7 Å². The zero-order valence-electron chi connectivity index (χ0n) is 12.1. The second-order valence-corrected chi connectivity index (χ2v) is 6.09. The van der Waals surface area contributed by atoms with E-state index in [9.17, 15) is 4.39 Å². The summed E-state index contributed by atoms with van der Waals surface area (Å²) in [4.78, 5) is 2.16. The van der Waals surface area contributed by atoms with E-state index < -0.39 is 0 Å². The first-order chi connectivity index (χ1) is 8.28. The summed E-state index contributed by atoms with van der Waals surface area (Å²) >= 11 is 0. The van der Waals surface area contributed by atoms with Gasteiger partial charge in [-0.3, -0.25) is 0 Å². The Hall–Kier alpha value is -1.09. The van der Waals surface area contributed by atoms with Gasteiger partial charge in [-0.25, -0.2) is 4.39 Å². The third kappa shape index (κ3) is 5.50. The number of hydrogen-bond donors (Lipinski definition) is 1. The Balaban J connectivity index is 2.44. The monoisotopic (exact) mass is 252 g/mol. The predicted octanol–water partition coefficient (Wildman–Crippen LogP) is 3.29. The smallest absolute Gasteiger partial charge is 0.123 e. The molecule has 1 aromatic carbocycles. The van der Waals surface area contributed by atoms with E-state index in [1.165, 1.54) is 12.1 Å². The molecular formula is C15H25FN2. The first-order valence-corrected chi connectivity index (χ1v) is 6.49. The van der Waals surface area contributed by atoms with Gasteiger partial charge in [0, 0.05) is 24.8 Å². The van der Waals surface area contributed by atoms with Gasteiger partial charge in [0.1, 0.15) is 5.82 Å². The Morgan fingerprint density at radius 3 is 2.28 bits per heavy atom. The summed E-state index contributed by atoms with van der Waals surface area (Å²) in [6, 6.07) is 6.65. The Morgan fingerprint density at radius 2 is 1.78 bits per heavy atom. The summed E-state index contributed by atoms with van der Waals surface area (Å²) in [6.07, 6.45) is 0. The lowest BCUT2D eigenvalue weighted by Crippen LogP contribution is -2.41. The van der Waals surface area contributed by atoms with Crippen molar-refractivity contribution >= 4 is 5.69 Å². The van der Waals surface area contributed by atoms with E-state index in [0.29, 0.717) is 5.92 Å². The molecule has 0 aromatic heterocycles. The molecule has 0 saturated heterocycles. The maximum atomic E-state index is 12.8. The van der Waals surface area contributed by atoms with Crippen molar-refractivity contribution < 1.29 is 4.39 Å². The van der Waals surface area contributed by atoms with E-state index >= 15 is 0 Å². The molecule has 1 aromatic rings. The van der Waals surface area contributed by atoms with Crippen LogP contribution in [0.5, 0.6) is 0 Å². The number of nitrogens with one attached hydrogen (secondary N) is 1. The van der Waals surface area contributed by atoms with Gasteiger partial charge in [-0.2, -0.15) is 0 Å². The molecule has 0 amide bonds. The summed E-state index contributed by atoms with van der Waals surface area (Å²) in [5, 5.41) is 3.50. The molecule has 18 heavy (non-hydrogen) atoms. The highest BCUT2D eigenvalue weighted by molar-refractivity contribution is 5.45. The topological polar surface area (TPSA) is 15.3 Å². The second kappa shape index (κ2) is 6.19. The third-order valence-corrected chi connectivity index (χ3v) is 2.83. The van der Waals surface area contributed by atoms with E-state index in [-0.39, 0.29) is 11.4 Å². The van der Waals surface area contributed by atoms with E-state index in [4.69, 9.17) is 0 Å². The molecule has 0 saturated carbocycles. The number of hydrogen-bond acceptors (Lipinski definition) is 2. The lowest BCUT2D eigenvalue weighted by molar-refractivity contribution is 0.384. The number of nitrogens with zero attached hydrogens (tertiary/aromatic N) is 1. The summed E-state index contributed by atoms with van der Waals surface area (Å²) in [6.45, 7) is 10.7. The largest absolute Gasteiger partial charge is 0.374 e. The molecule has 0 radical (unpaired) electrons. The highest BCUT2D eigenvalue weighted by Gasteiger charge is 2.12. The Bertz CT molecular complexity index is 354. The van der Waals surface area contributed by atoms with Crippen LogP contribution in [0.15, 0.2) is 24.3 Å². The minimum atomic E-state index is -0.186. The zero-order chi connectivity index (χ0) is 13.8. The van der Waals surface area contributed by atoms with Crippen molar-refractivity contribution in [1.82, 2.24) is 5.32 Å². The van der Waals surface area contributed by atoms with Crippen molar-refractivity contribution in [1.29, 1.82) is 0 Å².